The first-order valence-electron chi connectivity index (χ1n) is 9.60. The minimum Gasteiger partial charge on any atom is -0.480 e. The number of carbonyl (C=O) groups is 1. The Kier molecular flexibility index (Phi) is 5.53. The maximum atomic E-state index is 13.2. The number of rotatable bonds is 5. The number of hydrogen-bond acceptors (Lipinski definition) is 3. The third-order valence-electron chi connectivity index (χ3n) is 5.25. The van der Waals surface area contributed by atoms with E-state index in [-0.39, 0.29) is 17.9 Å². The molecule has 1 N–H and O–H groups in total. The minimum atomic E-state index is -3.95. The molecule has 0 saturated carbocycles. The molecule has 1 heterocycles. The average molecular weight is 420 g/mol. The van der Waals surface area contributed by atoms with E-state index < -0.39 is 22.0 Å². The highest BCUT2D eigenvalue weighted by atomic mass is 32.2. The Morgan fingerprint density at radius 1 is 0.833 bits per heavy atom. The van der Waals surface area contributed by atoms with Crippen molar-refractivity contribution in [3.63, 3.8) is 0 Å². The van der Waals surface area contributed by atoms with Crippen LogP contribution in [0.5, 0.6) is 0 Å². The maximum absolute atomic E-state index is 13.2. The van der Waals surface area contributed by atoms with Crippen molar-refractivity contribution in [2.24, 2.45) is 0 Å². The van der Waals surface area contributed by atoms with Gasteiger partial charge in [0.2, 0.25) is 10.0 Å². The van der Waals surface area contributed by atoms with E-state index >= 15 is 0 Å². The van der Waals surface area contributed by atoms with Gasteiger partial charge in [-0.15, -0.1) is 0 Å². The second-order valence-electron chi connectivity index (χ2n) is 7.19. The molecule has 5 nitrogen and oxygen atoms in total. The van der Waals surface area contributed by atoms with Gasteiger partial charge in [-0.25, -0.2) is 8.42 Å². The smallest absolute Gasteiger partial charge is 0.322 e. The van der Waals surface area contributed by atoms with Crippen molar-refractivity contribution in [2.45, 2.75) is 23.9 Å². The van der Waals surface area contributed by atoms with Crippen molar-refractivity contribution < 1.29 is 18.3 Å². The first-order valence-corrected chi connectivity index (χ1v) is 11.0. The summed E-state index contributed by atoms with van der Waals surface area (Å²) in [6.07, 6.45) is 4.01. The second kappa shape index (κ2) is 8.26. The zero-order chi connectivity index (χ0) is 21.1. The number of aliphatic carboxylic acids is 1. The fourth-order valence-corrected chi connectivity index (χ4v) is 5.16. The average Bonchev–Trinajstić information content (AvgIpc) is 2.77. The molecule has 0 spiro atoms. The third-order valence-corrected chi connectivity index (χ3v) is 7.11. The molecule has 1 aliphatic heterocycles. The summed E-state index contributed by atoms with van der Waals surface area (Å²) in [4.78, 5) is 11.9. The molecule has 6 heteroatoms. The molecule has 0 amide bonds. The molecule has 0 aromatic heterocycles. The van der Waals surface area contributed by atoms with E-state index in [2.05, 4.69) is 0 Å². The lowest BCUT2D eigenvalue weighted by molar-refractivity contribution is -0.141. The Morgan fingerprint density at radius 3 is 2.03 bits per heavy atom. The van der Waals surface area contributed by atoms with Gasteiger partial charge in [0.15, 0.2) is 0 Å². The number of benzene rings is 3. The summed E-state index contributed by atoms with van der Waals surface area (Å²) in [5.41, 5.74) is 3.61. The van der Waals surface area contributed by atoms with Crippen LogP contribution in [0.1, 0.15) is 22.3 Å². The number of nitrogens with zero attached hydrogens (tertiary/aromatic N) is 1. The normalized spacial score (nSPS) is 17.0. The van der Waals surface area contributed by atoms with Gasteiger partial charge in [-0.1, -0.05) is 78.9 Å². The van der Waals surface area contributed by atoms with Crippen LogP contribution in [0, 0.1) is 0 Å². The highest BCUT2D eigenvalue weighted by Gasteiger charge is 2.39. The first-order chi connectivity index (χ1) is 14.4. The SMILES string of the molecule is O=C(O)[C@H]1Cc2ccccc2CN1S(=O)(=O)c1ccc(/C=C/c2ccccc2)cc1. The van der Waals surface area contributed by atoms with Gasteiger partial charge in [-0.3, -0.25) is 4.79 Å². The summed E-state index contributed by atoms with van der Waals surface area (Å²) in [5.74, 6) is -1.14. The van der Waals surface area contributed by atoms with Crippen LogP contribution < -0.4 is 0 Å². The highest BCUT2D eigenvalue weighted by molar-refractivity contribution is 7.89. The molecule has 4 rings (SSSR count). The van der Waals surface area contributed by atoms with E-state index in [1.165, 1.54) is 12.1 Å². The summed E-state index contributed by atoms with van der Waals surface area (Å²) in [6.45, 7) is 0.0468. The molecule has 30 heavy (non-hydrogen) atoms. The summed E-state index contributed by atoms with van der Waals surface area (Å²) >= 11 is 0. The molecule has 3 aromatic carbocycles. The van der Waals surface area contributed by atoms with Crippen LogP contribution in [0.3, 0.4) is 0 Å². The van der Waals surface area contributed by atoms with Gasteiger partial charge in [0.25, 0.3) is 0 Å². The summed E-state index contributed by atoms with van der Waals surface area (Å²) in [6, 6.07) is 22.5. The largest absolute Gasteiger partial charge is 0.480 e. The quantitative estimate of drug-likeness (QED) is 0.633. The van der Waals surface area contributed by atoms with E-state index in [1.54, 1.807) is 12.1 Å². The van der Waals surface area contributed by atoms with Crippen LogP contribution in [-0.2, 0) is 27.8 Å². The molecule has 0 bridgehead atoms. The van der Waals surface area contributed by atoms with E-state index in [0.29, 0.717) is 0 Å². The van der Waals surface area contributed by atoms with Crippen LogP contribution in [0.25, 0.3) is 12.2 Å². The van der Waals surface area contributed by atoms with Crippen molar-refractivity contribution in [2.75, 3.05) is 0 Å². The van der Waals surface area contributed by atoms with Gasteiger partial charge in [-0.2, -0.15) is 4.31 Å². The number of carboxylic acid groups (broad SMARTS) is 1. The molecule has 1 atom stereocenters. The van der Waals surface area contributed by atoms with Gasteiger partial charge in [0.05, 0.1) is 4.90 Å². The Labute approximate surface area is 176 Å². The Balaban J connectivity index is 1.61. The Hall–Kier alpha value is -3.22. The maximum Gasteiger partial charge on any atom is 0.322 e. The van der Waals surface area contributed by atoms with Crippen LogP contribution in [-0.4, -0.2) is 29.8 Å². The molecule has 0 fully saturated rings. The summed E-state index contributed by atoms with van der Waals surface area (Å²) in [7, 11) is -3.95. The summed E-state index contributed by atoms with van der Waals surface area (Å²) < 4.78 is 27.6. The lowest BCUT2D eigenvalue weighted by atomic mass is 9.96. The highest BCUT2D eigenvalue weighted by Crippen LogP contribution is 2.29. The molecule has 0 unspecified atom stereocenters. The van der Waals surface area contributed by atoms with Crippen molar-refractivity contribution >= 4 is 28.1 Å². The number of sulfonamides is 1. The monoisotopic (exact) mass is 419 g/mol. The molecule has 3 aromatic rings. The molecule has 1 aliphatic rings. The van der Waals surface area contributed by atoms with Gasteiger partial charge in [0.1, 0.15) is 6.04 Å². The number of hydrogen-bond donors (Lipinski definition) is 1. The zero-order valence-corrected chi connectivity index (χ0v) is 17.0. The molecule has 0 saturated heterocycles. The van der Waals surface area contributed by atoms with Crippen molar-refractivity contribution in [1.29, 1.82) is 0 Å². The molecule has 0 aliphatic carbocycles. The molecular weight excluding hydrogens is 398 g/mol. The van der Waals surface area contributed by atoms with Crippen LogP contribution in [0.4, 0.5) is 0 Å². The van der Waals surface area contributed by atoms with E-state index in [9.17, 15) is 18.3 Å². The topological polar surface area (TPSA) is 74.7 Å². The van der Waals surface area contributed by atoms with Crippen LogP contribution in [0.15, 0.2) is 83.8 Å². The van der Waals surface area contributed by atoms with Crippen molar-refractivity contribution in [1.82, 2.24) is 4.31 Å². The van der Waals surface area contributed by atoms with Gasteiger partial charge in [-0.05, 0) is 34.4 Å². The lowest BCUT2D eigenvalue weighted by Crippen LogP contribution is -2.48. The fourth-order valence-electron chi connectivity index (χ4n) is 3.60. The third kappa shape index (κ3) is 4.06. The fraction of sp³-hybridized carbons (Fsp3) is 0.125. The van der Waals surface area contributed by atoms with Gasteiger partial charge < -0.3 is 5.11 Å². The predicted octanol–water partition coefficient (Wildman–Crippen LogP) is 4.06. The first kappa shape index (κ1) is 20.1. The molecule has 152 valence electrons. The zero-order valence-electron chi connectivity index (χ0n) is 16.2. The van der Waals surface area contributed by atoms with Gasteiger partial charge in [0, 0.05) is 13.0 Å². The number of carboxylic acids is 1. The second-order valence-corrected chi connectivity index (χ2v) is 9.08. The van der Waals surface area contributed by atoms with Crippen molar-refractivity contribution in [3.05, 3.63) is 101 Å². The standard InChI is InChI=1S/C24H21NO4S/c26-24(27)23-16-20-8-4-5-9-21(20)17-25(23)30(28,29)22-14-12-19(13-15-22)11-10-18-6-2-1-3-7-18/h1-15,23H,16-17H2,(H,26,27)/b11-10+/t23-/m1/s1. The van der Waals surface area contributed by atoms with E-state index in [0.717, 1.165) is 26.6 Å². The van der Waals surface area contributed by atoms with E-state index in [4.69, 9.17) is 0 Å². The Morgan fingerprint density at radius 2 is 1.40 bits per heavy atom. The molecular formula is C24H21NO4S. The molecule has 0 radical (unpaired) electrons. The van der Waals surface area contributed by atoms with Crippen molar-refractivity contribution in [3.8, 4) is 0 Å². The minimum absolute atomic E-state index is 0.0468. The Bertz CT molecular complexity index is 1190. The van der Waals surface area contributed by atoms with Crippen LogP contribution >= 0.6 is 0 Å². The summed E-state index contributed by atoms with van der Waals surface area (Å²) in [5, 5.41) is 9.65. The predicted molar refractivity (Wildman–Crippen MR) is 116 cm³/mol. The number of fused-ring (bicyclic) bond motifs is 1. The van der Waals surface area contributed by atoms with E-state index in [1.807, 2.05) is 66.7 Å². The lowest BCUT2D eigenvalue weighted by Gasteiger charge is -2.33. The van der Waals surface area contributed by atoms with Gasteiger partial charge >= 0.3 is 5.97 Å². The van der Waals surface area contributed by atoms with Crippen LogP contribution in [0.2, 0.25) is 0 Å².